The van der Waals surface area contributed by atoms with Crippen LogP contribution in [0.1, 0.15) is 26.7 Å². The van der Waals surface area contributed by atoms with Crippen LogP contribution in [-0.2, 0) is 13.0 Å². The Morgan fingerprint density at radius 3 is 2.68 bits per heavy atom. The van der Waals surface area contributed by atoms with Crippen molar-refractivity contribution in [3.8, 4) is 5.75 Å². The Kier molecular flexibility index (Phi) is 4.56. The summed E-state index contributed by atoms with van der Waals surface area (Å²) in [4.78, 5) is 5.74. The van der Waals surface area contributed by atoms with Crippen LogP contribution in [0.2, 0.25) is 0 Å². The van der Waals surface area contributed by atoms with Crippen molar-refractivity contribution in [3.05, 3.63) is 44.9 Å². The first-order valence-electron chi connectivity index (χ1n) is 6.45. The molecule has 102 valence electrons. The fraction of sp³-hybridized carbons (Fsp3) is 0.400. The van der Waals surface area contributed by atoms with E-state index in [1.54, 1.807) is 11.3 Å². The maximum absolute atomic E-state index is 5.89. The fourth-order valence-corrected chi connectivity index (χ4v) is 2.79. The second kappa shape index (κ2) is 6.17. The zero-order chi connectivity index (χ0) is 13.8. The van der Waals surface area contributed by atoms with Gasteiger partial charge in [-0.1, -0.05) is 17.7 Å². The van der Waals surface area contributed by atoms with E-state index in [1.165, 1.54) is 16.0 Å². The Morgan fingerprint density at radius 1 is 1.26 bits per heavy atom. The van der Waals surface area contributed by atoms with Gasteiger partial charge >= 0.3 is 0 Å². The molecule has 0 aliphatic carbocycles. The number of nitrogens with two attached hydrogens (primary N) is 1. The lowest BCUT2D eigenvalue weighted by molar-refractivity contribution is 0.302. The molecule has 2 rings (SSSR count). The van der Waals surface area contributed by atoms with Gasteiger partial charge in [-0.05, 0) is 45.4 Å². The number of hydrogen-bond acceptors (Lipinski definition) is 4. The van der Waals surface area contributed by atoms with E-state index >= 15 is 0 Å². The first-order valence-corrected chi connectivity index (χ1v) is 7.27. The SMILES string of the molecule is Cc1ccc(OCc2nc(C)c(C)s2)c(CCN)c1. The van der Waals surface area contributed by atoms with Gasteiger partial charge in [0.2, 0.25) is 0 Å². The molecular formula is C15H20N2OS. The van der Waals surface area contributed by atoms with Gasteiger partial charge in [0, 0.05) is 4.88 Å². The van der Waals surface area contributed by atoms with E-state index in [0.29, 0.717) is 13.2 Å². The smallest absolute Gasteiger partial charge is 0.140 e. The number of aryl methyl sites for hydroxylation is 3. The Hall–Kier alpha value is -1.39. The van der Waals surface area contributed by atoms with E-state index in [1.807, 2.05) is 13.0 Å². The molecule has 0 fully saturated rings. The molecule has 0 atom stereocenters. The van der Waals surface area contributed by atoms with Crippen molar-refractivity contribution in [1.82, 2.24) is 4.98 Å². The summed E-state index contributed by atoms with van der Waals surface area (Å²) in [5.41, 5.74) is 9.14. The molecule has 0 amide bonds. The molecule has 2 N–H and O–H groups in total. The predicted octanol–water partition coefficient (Wildman–Crippen LogP) is 3.15. The van der Waals surface area contributed by atoms with Crippen LogP contribution >= 0.6 is 11.3 Å². The molecule has 0 unspecified atom stereocenters. The Morgan fingerprint density at radius 2 is 2.05 bits per heavy atom. The number of ether oxygens (including phenoxy) is 1. The highest BCUT2D eigenvalue weighted by molar-refractivity contribution is 7.11. The van der Waals surface area contributed by atoms with Crippen LogP contribution in [0, 0.1) is 20.8 Å². The third-order valence-corrected chi connectivity index (χ3v) is 4.10. The van der Waals surface area contributed by atoms with Crippen LogP contribution in [0.3, 0.4) is 0 Å². The van der Waals surface area contributed by atoms with Crippen LogP contribution in [0.4, 0.5) is 0 Å². The molecule has 4 heteroatoms. The number of rotatable bonds is 5. The topological polar surface area (TPSA) is 48.1 Å². The van der Waals surface area contributed by atoms with Gasteiger partial charge in [-0.2, -0.15) is 0 Å². The molecule has 0 spiro atoms. The Balaban J connectivity index is 2.10. The minimum Gasteiger partial charge on any atom is -0.486 e. The summed E-state index contributed by atoms with van der Waals surface area (Å²) in [6, 6.07) is 6.22. The normalized spacial score (nSPS) is 10.7. The van der Waals surface area contributed by atoms with Gasteiger partial charge in [0.15, 0.2) is 0 Å². The van der Waals surface area contributed by atoms with Gasteiger partial charge in [-0.15, -0.1) is 11.3 Å². The average molecular weight is 276 g/mol. The zero-order valence-corrected chi connectivity index (χ0v) is 12.5. The van der Waals surface area contributed by atoms with Crippen molar-refractivity contribution in [2.45, 2.75) is 33.8 Å². The summed E-state index contributed by atoms with van der Waals surface area (Å²) < 4.78 is 5.89. The Labute approximate surface area is 118 Å². The number of nitrogens with zero attached hydrogens (tertiary/aromatic N) is 1. The van der Waals surface area contributed by atoms with E-state index in [-0.39, 0.29) is 0 Å². The number of hydrogen-bond donors (Lipinski definition) is 1. The van der Waals surface area contributed by atoms with Crippen LogP contribution < -0.4 is 10.5 Å². The van der Waals surface area contributed by atoms with E-state index in [9.17, 15) is 0 Å². The second-order valence-electron chi connectivity index (χ2n) is 4.69. The summed E-state index contributed by atoms with van der Waals surface area (Å²) in [7, 11) is 0. The maximum atomic E-state index is 5.89. The molecule has 3 nitrogen and oxygen atoms in total. The predicted molar refractivity (Wildman–Crippen MR) is 79.9 cm³/mol. The molecule has 1 aromatic heterocycles. The summed E-state index contributed by atoms with van der Waals surface area (Å²) in [6.45, 7) is 7.36. The lowest BCUT2D eigenvalue weighted by atomic mass is 10.1. The standard InChI is InChI=1S/C15H20N2OS/c1-10-4-5-14(13(8-10)6-7-16)18-9-15-17-11(2)12(3)19-15/h4-5,8H,6-7,9,16H2,1-3H3. The first-order chi connectivity index (χ1) is 9.10. The quantitative estimate of drug-likeness (QED) is 0.912. The molecule has 1 heterocycles. The molecule has 0 aliphatic heterocycles. The van der Waals surface area contributed by atoms with Crippen LogP contribution in [0.25, 0.3) is 0 Å². The van der Waals surface area contributed by atoms with Gasteiger partial charge in [0.1, 0.15) is 17.4 Å². The third-order valence-electron chi connectivity index (χ3n) is 3.05. The molecule has 2 aromatic rings. The van der Waals surface area contributed by atoms with Gasteiger partial charge in [0.05, 0.1) is 5.69 Å². The van der Waals surface area contributed by atoms with Crippen LogP contribution in [-0.4, -0.2) is 11.5 Å². The summed E-state index contributed by atoms with van der Waals surface area (Å²) >= 11 is 1.70. The second-order valence-corrected chi connectivity index (χ2v) is 5.98. The minimum atomic E-state index is 0.528. The monoisotopic (exact) mass is 276 g/mol. The highest BCUT2D eigenvalue weighted by Gasteiger charge is 2.07. The molecule has 19 heavy (non-hydrogen) atoms. The zero-order valence-electron chi connectivity index (χ0n) is 11.7. The summed E-state index contributed by atoms with van der Waals surface area (Å²) in [5.74, 6) is 0.918. The molecule has 0 radical (unpaired) electrons. The van der Waals surface area contributed by atoms with Gasteiger partial charge in [0.25, 0.3) is 0 Å². The average Bonchev–Trinajstić information content (AvgIpc) is 2.68. The van der Waals surface area contributed by atoms with E-state index in [2.05, 4.69) is 31.0 Å². The number of aromatic nitrogens is 1. The third kappa shape index (κ3) is 3.55. The van der Waals surface area contributed by atoms with Crippen molar-refractivity contribution in [1.29, 1.82) is 0 Å². The van der Waals surface area contributed by atoms with Crippen molar-refractivity contribution >= 4 is 11.3 Å². The number of benzene rings is 1. The molecule has 0 saturated carbocycles. The minimum absolute atomic E-state index is 0.528. The van der Waals surface area contributed by atoms with Gasteiger partial charge < -0.3 is 10.5 Å². The molecular weight excluding hydrogens is 256 g/mol. The van der Waals surface area contributed by atoms with Crippen molar-refractivity contribution < 1.29 is 4.74 Å². The van der Waals surface area contributed by atoms with E-state index in [4.69, 9.17) is 10.5 Å². The van der Waals surface area contributed by atoms with Crippen molar-refractivity contribution in [3.63, 3.8) is 0 Å². The lowest BCUT2D eigenvalue weighted by Gasteiger charge is -2.10. The summed E-state index contributed by atoms with van der Waals surface area (Å²) in [6.07, 6.45) is 0.840. The van der Waals surface area contributed by atoms with Crippen LogP contribution in [0.5, 0.6) is 5.75 Å². The van der Waals surface area contributed by atoms with E-state index in [0.717, 1.165) is 22.9 Å². The van der Waals surface area contributed by atoms with Gasteiger partial charge in [-0.25, -0.2) is 4.98 Å². The largest absolute Gasteiger partial charge is 0.486 e. The Bertz CT molecular complexity index is 544. The molecule has 0 bridgehead atoms. The van der Waals surface area contributed by atoms with Crippen molar-refractivity contribution in [2.75, 3.05) is 6.54 Å². The first kappa shape index (κ1) is 14.0. The highest BCUT2D eigenvalue weighted by Crippen LogP contribution is 2.23. The highest BCUT2D eigenvalue weighted by atomic mass is 32.1. The van der Waals surface area contributed by atoms with Crippen molar-refractivity contribution in [2.24, 2.45) is 5.73 Å². The fourth-order valence-electron chi connectivity index (χ4n) is 1.94. The molecule has 0 aliphatic rings. The number of thiazole rings is 1. The molecule has 1 aromatic carbocycles. The summed E-state index contributed by atoms with van der Waals surface area (Å²) in [5, 5.41) is 1.02. The maximum Gasteiger partial charge on any atom is 0.140 e. The lowest BCUT2D eigenvalue weighted by Crippen LogP contribution is -2.05. The van der Waals surface area contributed by atoms with Gasteiger partial charge in [-0.3, -0.25) is 0 Å². The van der Waals surface area contributed by atoms with Crippen LogP contribution in [0.15, 0.2) is 18.2 Å². The molecule has 0 saturated heterocycles. The van der Waals surface area contributed by atoms with E-state index < -0.39 is 0 Å².